The molecule has 1 saturated heterocycles. The number of hydrogen-bond donors (Lipinski definition) is 1. The molecule has 2 atom stereocenters. The summed E-state index contributed by atoms with van der Waals surface area (Å²) in [6.45, 7) is 8.41. The zero-order chi connectivity index (χ0) is 14.0. The van der Waals surface area contributed by atoms with E-state index in [2.05, 4.69) is 26.1 Å². The monoisotopic (exact) mass is 282 g/mol. The van der Waals surface area contributed by atoms with E-state index in [1.807, 2.05) is 6.92 Å². The number of hydrogen-bond acceptors (Lipinski definition) is 3. The zero-order valence-corrected chi connectivity index (χ0v) is 13.3. The second-order valence-corrected chi connectivity index (χ2v) is 7.83. The van der Waals surface area contributed by atoms with Crippen LogP contribution in [0.4, 0.5) is 0 Å². The van der Waals surface area contributed by atoms with Crippen LogP contribution in [0.1, 0.15) is 59.8 Å². The molecule has 108 valence electrons. The Balaban J connectivity index is 2.02. The molecule has 0 aromatic heterocycles. The van der Waals surface area contributed by atoms with E-state index in [-0.39, 0.29) is 10.7 Å². The van der Waals surface area contributed by atoms with Crippen molar-refractivity contribution >= 4 is 22.8 Å². The van der Waals surface area contributed by atoms with Crippen molar-refractivity contribution in [3.05, 3.63) is 0 Å². The summed E-state index contributed by atoms with van der Waals surface area (Å²) in [5, 5.41) is 3.80. The summed E-state index contributed by atoms with van der Waals surface area (Å²) in [6.07, 6.45) is 6.62. The van der Waals surface area contributed by atoms with E-state index in [0.717, 1.165) is 5.17 Å². The third-order valence-corrected chi connectivity index (χ3v) is 6.22. The molecule has 1 saturated carbocycles. The number of nitrogens with zero attached hydrogens (tertiary/aromatic N) is 1. The van der Waals surface area contributed by atoms with E-state index in [1.165, 1.54) is 32.1 Å². The molecule has 2 fully saturated rings. The highest BCUT2D eigenvalue weighted by atomic mass is 32.2. The van der Waals surface area contributed by atoms with Crippen molar-refractivity contribution in [3.8, 4) is 0 Å². The molecule has 2 aliphatic rings. The Morgan fingerprint density at radius 3 is 2.42 bits per heavy atom. The van der Waals surface area contributed by atoms with Crippen molar-refractivity contribution in [1.29, 1.82) is 0 Å². The Bertz CT molecular complexity index is 374. The van der Waals surface area contributed by atoms with Gasteiger partial charge in [-0.25, -0.2) is 0 Å². The highest BCUT2D eigenvalue weighted by molar-refractivity contribution is 8.16. The van der Waals surface area contributed by atoms with Crippen molar-refractivity contribution in [2.24, 2.45) is 16.8 Å². The number of amidine groups is 1. The van der Waals surface area contributed by atoms with Gasteiger partial charge in [0, 0.05) is 0 Å². The first-order valence-electron chi connectivity index (χ1n) is 7.51. The third kappa shape index (κ3) is 3.15. The molecular formula is C15H26N2OS. The minimum Gasteiger partial charge on any atom is -0.304 e. The molecule has 0 radical (unpaired) electrons. The average Bonchev–Trinajstić information content (AvgIpc) is 2.67. The van der Waals surface area contributed by atoms with E-state index in [4.69, 9.17) is 4.99 Å². The number of thioether (sulfide) groups is 1. The number of nitrogens with one attached hydrogen (secondary N) is 1. The van der Waals surface area contributed by atoms with Crippen LogP contribution in [0.2, 0.25) is 0 Å². The van der Waals surface area contributed by atoms with Crippen LogP contribution >= 0.6 is 11.8 Å². The fraction of sp³-hybridized carbons (Fsp3) is 0.867. The molecule has 1 aliphatic carbocycles. The number of amides is 1. The SMILES string of the molecule is CC(C)[C@@]1(C)SC(=N[C@@H](C)C2CCCCC2)NC1=O. The second-order valence-electron chi connectivity index (χ2n) is 6.39. The molecule has 1 aliphatic heterocycles. The summed E-state index contributed by atoms with van der Waals surface area (Å²) in [5.74, 6) is 1.13. The van der Waals surface area contributed by atoms with Gasteiger partial charge in [0.25, 0.3) is 0 Å². The summed E-state index contributed by atoms with van der Waals surface area (Å²) >= 11 is 1.61. The van der Waals surface area contributed by atoms with Crippen molar-refractivity contribution in [1.82, 2.24) is 5.32 Å². The van der Waals surface area contributed by atoms with Gasteiger partial charge >= 0.3 is 0 Å². The van der Waals surface area contributed by atoms with Crippen molar-refractivity contribution in [3.63, 3.8) is 0 Å². The van der Waals surface area contributed by atoms with Crippen molar-refractivity contribution in [2.45, 2.75) is 70.6 Å². The lowest BCUT2D eigenvalue weighted by atomic mass is 9.85. The molecule has 2 rings (SSSR count). The van der Waals surface area contributed by atoms with E-state index in [0.29, 0.717) is 17.9 Å². The first-order chi connectivity index (χ1) is 8.93. The summed E-state index contributed by atoms with van der Waals surface area (Å²) in [4.78, 5) is 16.9. The van der Waals surface area contributed by atoms with E-state index >= 15 is 0 Å². The molecule has 0 bridgehead atoms. The lowest BCUT2D eigenvalue weighted by Crippen LogP contribution is -2.38. The zero-order valence-electron chi connectivity index (χ0n) is 12.5. The Labute approximate surface area is 121 Å². The predicted molar refractivity (Wildman–Crippen MR) is 82.4 cm³/mol. The largest absolute Gasteiger partial charge is 0.304 e. The topological polar surface area (TPSA) is 41.5 Å². The maximum absolute atomic E-state index is 12.1. The van der Waals surface area contributed by atoms with Gasteiger partial charge in [-0.05, 0) is 38.5 Å². The maximum atomic E-state index is 12.1. The normalized spacial score (nSPS) is 32.9. The van der Waals surface area contributed by atoms with Crippen LogP contribution in [0.15, 0.2) is 4.99 Å². The van der Waals surface area contributed by atoms with Gasteiger partial charge in [0.15, 0.2) is 5.17 Å². The Morgan fingerprint density at radius 2 is 1.89 bits per heavy atom. The summed E-state index contributed by atoms with van der Waals surface area (Å²) in [7, 11) is 0. The summed E-state index contributed by atoms with van der Waals surface area (Å²) in [5.41, 5.74) is 0. The molecule has 19 heavy (non-hydrogen) atoms. The first-order valence-corrected chi connectivity index (χ1v) is 8.33. The number of carbonyl (C=O) groups is 1. The van der Waals surface area contributed by atoms with Crippen molar-refractivity contribution < 1.29 is 4.79 Å². The van der Waals surface area contributed by atoms with Crippen LogP contribution in [0.5, 0.6) is 0 Å². The Hall–Kier alpha value is -0.510. The maximum Gasteiger partial charge on any atom is 0.242 e. The highest BCUT2D eigenvalue weighted by Gasteiger charge is 2.45. The average molecular weight is 282 g/mol. The lowest BCUT2D eigenvalue weighted by Gasteiger charge is -2.25. The molecular weight excluding hydrogens is 256 g/mol. The van der Waals surface area contributed by atoms with Gasteiger partial charge in [-0.15, -0.1) is 0 Å². The first kappa shape index (κ1) is 14.9. The van der Waals surface area contributed by atoms with E-state index in [9.17, 15) is 4.79 Å². The molecule has 0 aromatic rings. The fourth-order valence-corrected chi connectivity index (χ4v) is 3.98. The quantitative estimate of drug-likeness (QED) is 0.859. The van der Waals surface area contributed by atoms with E-state index < -0.39 is 0 Å². The van der Waals surface area contributed by atoms with Crippen LogP contribution in [0.3, 0.4) is 0 Å². The summed E-state index contributed by atoms with van der Waals surface area (Å²) < 4.78 is -0.356. The molecule has 4 heteroatoms. The number of carbonyl (C=O) groups excluding carboxylic acids is 1. The van der Waals surface area contributed by atoms with Crippen LogP contribution in [-0.4, -0.2) is 21.9 Å². The molecule has 0 unspecified atom stereocenters. The van der Waals surface area contributed by atoms with Crippen LogP contribution < -0.4 is 5.32 Å². The molecule has 3 nitrogen and oxygen atoms in total. The minimum absolute atomic E-state index is 0.113. The lowest BCUT2D eigenvalue weighted by molar-refractivity contribution is -0.122. The smallest absolute Gasteiger partial charge is 0.242 e. The van der Waals surface area contributed by atoms with Gasteiger partial charge in [0.2, 0.25) is 5.91 Å². The van der Waals surface area contributed by atoms with Crippen LogP contribution in [-0.2, 0) is 4.79 Å². The van der Waals surface area contributed by atoms with Gasteiger partial charge in [0.05, 0.1) is 6.04 Å². The van der Waals surface area contributed by atoms with Crippen LogP contribution in [0.25, 0.3) is 0 Å². The van der Waals surface area contributed by atoms with Gasteiger partial charge in [0.1, 0.15) is 4.75 Å². The van der Waals surface area contributed by atoms with Gasteiger partial charge < -0.3 is 5.32 Å². The second kappa shape index (κ2) is 5.86. The van der Waals surface area contributed by atoms with Crippen molar-refractivity contribution in [2.75, 3.05) is 0 Å². The van der Waals surface area contributed by atoms with Gasteiger partial charge in [-0.1, -0.05) is 44.9 Å². The fourth-order valence-electron chi connectivity index (χ4n) is 2.84. The van der Waals surface area contributed by atoms with Gasteiger partial charge in [-0.3, -0.25) is 9.79 Å². The molecule has 1 amide bonds. The number of rotatable bonds is 3. The minimum atomic E-state index is -0.356. The predicted octanol–water partition coefficient (Wildman–Crippen LogP) is 3.59. The van der Waals surface area contributed by atoms with Gasteiger partial charge in [-0.2, -0.15) is 0 Å². The molecule has 0 aromatic carbocycles. The third-order valence-electron chi connectivity index (χ3n) is 4.73. The molecule has 1 heterocycles. The molecule has 1 N–H and O–H groups in total. The highest BCUT2D eigenvalue weighted by Crippen LogP contribution is 2.38. The molecule has 0 spiro atoms. The van der Waals surface area contributed by atoms with E-state index in [1.54, 1.807) is 11.8 Å². The number of aliphatic imine (C=N–C) groups is 1. The van der Waals surface area contributed by atoms with Crippen LogP contribution in [0, 0.1) is 11.8 Å². The Kier molecular flexibility index (Phi) is 4.59. The standard InChI is InChI=1S/C15H26N2OS/c1-10(2)15(4)13(18)17-14(19-15)16-11(3)12-8-6-5-7-9-12/h10-12H,5-9H2,1-4H3,(H,16,17,18)/t11-,15+/m0/s1. The summed E-state index contributed by atoms with van der Waals surface area (Å²) in [6, 6.07) is 0.331. The Morgan fingerprint density at radius 1 is 1.26 bits per heavy atom.